The Morgan fingerprint density at radius 3 is 3.09 bits per heavy atom. The van der Waals surface area contributed by atoms with Gasteiger partial charge in [0, 0.05) is 23.9 Å². The summed E-state index contributed by atoms with van der Waals surface area (Å²) in [6.45, 7) is 1.20. The fraction of sp³-hybridized carbons (Fsp3) is 0.267. The first kappa shape index (κ1) is 15.0. The highest BCUT2D eigenvalue weighted by atomic mass is 127. The summed E-state index contributed by atoms with van der Waals surface area (Å²) in [6, 6.07) is 5.95. The average Bonchev–Trinajstić information content (AvgIpc) is 2.82. The Kier molecular flexibility index (Phi) is 4.14. The predicted octanol–water partition coefficient (Wildman–Crippen LogP) is 2.28. The van der Waals surface area contributed by atoms with Crippen molar-refractivity contribution in [1.29, 1.82) is 0 Å². The molecule has 0 fully saturated rings. The fourth-order valence-corrected chi connectivity index (χ4v) is 2.66. The van der Waals surface area contributed by atoms with Crippen LogP contribution in [0.2, 0.25) is 0 Å². The number of hydrogen-bond donors (Lipinski definition) is 0. The van der Waals surface area contributed by atoms with Crippen LogP contribution in [-0.2, 0) is 6.54 Å². The lowest BCUT2D eigenvalue weighted by atomic mass is 10.2. The molecule has 0 bridgehead atoms. The number of aliphatic imine (C=N–C) groups is 1. The number of nitrogens with zero attached hydrogens (tertiary/aromatic N) is 4. The number of imidazole rings is 1. The first-order valence-electron chi connectivity index (χ1n) is 6.79. The summed E-state index contributed by atoms with van der Waals surface area (Å²) in [7, 11) is 3.63. The van der Waals surface area contributed by atoms with E-state index in [1.165, 1.54) is 6.34 Å². The molecular formula is C15H15IN4O2. The molecule has 0 saturated heterocycles. The number of hydrogen-bond acceptors (Lipinski definition) is 3. The highest BCUT2D eigenvalue weighted by Gasteiger charge is 2.20. The van der Waals surface area contributed by atoms with Crippen molar-refractivity contribution < 1.29 is 9.53 Å². The van der Waals surface area contributed by atoms with Crippen LogP contribution in [0.25, 0.3) is 11.4 Å². The van der Waals surface area contributed by atoms with Crippen LogP contribution >= 0.6 is 22.6 Å². The van der Waals surface area contributed by atoms with E-state index in [0.29, 0.717) is 18.8 Å². The highest BCUT2D eigenvalue weighted by Crippen LogP contribution is 2.33. The Hall–Kier alpha value is -1.90. The molecule has 0 N–H and O–H groups in total. The second-order valence-electron chi connectivity index (χ2n) is 5.15. The number of halogens is 1. The second-order valence-corrected chi connectivity index (χ2v) is 6.39. The monoisotopic (exact) mass is 410 g/mol. The van der Waals surface area contributed by atoms with Crippen molar-refractivity contribution in [2.45, 2.75) is 6.54 Å². The van der Waals surface area contributed by atoms with Gasteiger partial charge >= 0.3 is 0 Å². The predicted molar refractivity (Wildman–Crippen MR) is 92.4 cm³/mol. The van der Waals surface area contributed by atoms with Gasteiger partial charge in [-0.05, 0) is 40.8 Å². The number of aromatic nitrogens is 2. The van der Waals surface area contributed by atoms with Crippen molar-refractivity contribution >= 4 is 34.8 Å². The van der Waals surface area contributed by atoms with Gasteiger partial charge in [0.25, 0.3) is 5.91 Å². The third-order valence-electron chi connectivity index (χ3n) is 3.18. The van der Waals surface area contributed by atoms with Crippen LogP contribution in [0.4, 0.5) is 0 Å². The van der Waals surface area contributed by atoms with E-state index in [9.17, 15) is 4.79 Å². The maximum atomic E-state index is 12.1. The lowest BCUT2D eigenvalue weighted by Crippen LogP contribution is -2.10. The summed E-state index contributed by atoms with van der Waals surface area (Å²) in [6.07, 6.45) is 3.22. The number of benzene rings is 1. The van der Waals surface area contributed by atoms with Crippen LogP contribution in [0.15, 0.2) is 29.4 Å². The SMILES string of the molecule is CN(C)/C=N\C(=O)c1cn2c(n1)-c1ccc(I)cc1OCC2. The van der Waals surface area contributed by atoms with Gasteiger partial charge in [-0.25, -0.2) is 4.98 Å². The summed E-state index contributed by atoms with van der Waals surface area (Å²) in [4.78, 5) is 22.1. The maximum Gasteiger partial charge on any atom is 0.298 e. The largest absolute Gasteiger partial charge is 0.491 e. The van der Waals surface area contributed by atoms with Crippen molar-refractivity contribution in [2.24, 2.45) is 4.99 Å². The van der Waals surface area contributed by atoms with E-state index in [-0.39, 0.29) is 5.91 Å². The molecule has 22 heavy (non-hydrogen) atoms. The zero-order valence-electron chi connectivity index (χ0n) is 12.3. The highest BCUT2D eigenvalue weighted by molar-refractivity contribution is 14.1. The van der Waals surface area contributed by atoms with Gasteiger partial charge in [-0.1, -0.05) is 0 Å². The van der Waals surface area contributed by atoms with E-state index >= 15 is 0 Å². The quantitative estimate of drug-likeness (QED) is 0.433. The van der Waals surface area contributed by atoms with Crippen LogP contribution in [0, 0.1) is 3.57 Å². The lowest BCUT2D eigenvalue weighted by Gasteiger charge is -2.06. The number of ether oxygens (including phenoxy) is 1. The van der Waals surface area contributed by atoms with Gasteiger partial charge in [0.15, 0.2) is 0 Å². The Balaban J connectivity index is 2.01. The molecule has 7 heteroatoms. The van der Waals surface area contributed by atoms with Crippen molar-refractivity contribution in [3.8, 4) is 17.1 Å². The molecule has 0 radical (unpaired) electrons. The molecule has 1 aliphatic heterocycles. The molecule has 0 saturated carbocycles. The van der Waals surface area contributed by atoms with Crippen molar-refractivity contribution in [2.75, 3.05) is 20.7 Å². The molecule has 0 unspecified atom stereocenters. The summed E-state index contributed by atoms with van der Waals surface area (Å²) in [5.41, 5.74) is 1.24. The van der Waals surface area contributed by atoms with E-state index in [0.717, 1.165) is 20.7 Å². The summed E-state index contributed by atoms with van der Waals surface area (Å²) in [5, 5.41) is 0. The smallest absolute Gasteiger partial charge is 0.298 e. The average molecular weight is 410 g/mol. The minimum absolute atomic E-state index is 0.345. The molecule has 3 rings (SSSR count). The van der Waals surface area contributed by atoms with Crippen LogP contribution in [0.1, 0.15) is 10.5 Å². The van der Waals surface area contributed by atoms with Gasteiger partial charge in [-0.2, -0.15) is 4.99 Å². The number of fused-ring (bicyclic) bond motifs is 3. The number of carbonyl (C=O) groups is 1. The van der Waals surface area contributed by atoms with Gasteiger partial charge in [0.1, 0.15) is 23.9 Å². The molecule has 0 atom stereocenters. The molecule has 114 valence electrons. The first-order chi connectivity index (χ1) is 10.5. The lowest BCUT2D eigenvalue weighted by molar-refractivity contribution is 0.0998. The molecule has 1 aliphatic rings. The molecule has 6 nitrogen and oxygen atoms in total. The molecule has 1 amide bonds. The summed E-state index contributed by atoms with van der Waals surface area (Å²) < 4.78 is 8.80. The molecule has 1 aromatic carbocycles. The van der Waals surface area contributed by atoms with E-state index in [1.54, 1.807) is 11.1 Å². The van der Waals surface area contributed by atoms with Gasteiger partial charge < -0.3 is 14.2 Å². The number of amides is 1. The minimum atomic E-state index is -0.345. The van der Waals surface area contributed by atoms with Crippen LogP contribution < -0.4 is 4.74 Å². The summed E-state index contributed by atoms with van der Waals surface area (Å²) in [5.74, 6) is 1.20. The van der Waals surface area contributed by atoms with Crippen molar-refractivity contribution in [3.05, 3.63) is 33.7 Å². The molecule has 0 spiro atoms. The Bertz CT molecular complexity index is 752. The topological polar surface area (TPSA) is 59.7 Å². The second kappa shape index (κ2) is 6.07. The van der Waals surface area contributed by atoms with Crippen molar-refractivity contribution in [3.63, 3.8) is 0 Å². The summed E-state index contributed by atoms with van der Waals surface area (Å²) >= 11 is 2.25. The molecule has 2 heterocycles. The minimum Gasteiger partial charge on any atom is -0.491 e. The molecule has 0 aliphatic carbocycles. The van der Waals surface area contributed by atoms with E-state index < -0.39 is 0 Å². The van der Waals surface area contributed by atoms with Crippen molar-refractivity contribution in [1.82, 2.24) is 14.5 Å². The number of carbonyl (C=O) groups excluding carboxylic acids is 1. The molecular weight excluding hydrogens is 395 g/mol. The zero-order valence-corrected chi connectivity index (χ0v) is 14.4. The molecule has 2 aromatic rings. The Labute approximate surface area is 142 Å². The Morgan fingerprint density at radius 2 is 2.32 bits per heavy atom. The van der Waals surface area contributed by atoms with Gasteiger partial charge in [-0.15, -0.1) is 0 Å². The zero-order chi connectivity index (χ0) is 15.7. The van der Waals surface area contributed by atoms with E-state index in [4.69, 9.17) is 4.74 Å². The first-order valence-corrected chi connectivity index (χ1v) is 7.87. The van der Waals surface area contributed by atoms with Gasteiger partial charge in [0.05, 0.1) is 18.4 Å². The normalized spacial score (nSPS) is 13.2. The van der Waals surface area contributed by atoms with E-state index in [2.05, 4.69) is 32.6 Å². The molecule has 1 aromatic heterocycles. The standard InChI is InChI=1S/C15H15IN4O2/c1-19(2)9-17-15(21)12-8-20-5-6-22-13-7-10(16)3-4-11(13)14(20)18-12/h3-4,7-9H,5-6H2,1-2H3/b17-9-. The van der Waals surface area contributed by atoms with Crippen LogP contribution in [-0.4, -0.2) is 47.4 Å². The third kappa shape index (κ3) is 2.99. The fourth-order valence-electron chi connectivity index (χ4n) is 2.19. The van der Waals surface area contributed by atoms with Gasteiger partial charge in [0.2, 0.25) is 0 Å². The van der Waals surface area contributed by atoms with Gasteiger partial charge in [-0.3, -0.25) is 4.79 Å². The van der Waals surface area contributed by atoms with Crippen LogP contribution in [0.3, 0.4) is 0 Å². The number of rotatable bonds is 2. The third-order valence-corrected chi connectivity index (χ3v) is 3.85. The maximum absolute atomic E-state index is 12.1. The van der Waals surface area contributed by atoms with E-state index in [1.807, 2.05) is 36.9 Å². The van der Waals surface area contributed by atoms with Crippen LogP contribution in [0.5, 0.6) is 5.75 Å². The Morgan fingerprint density at radius 1 is 1.50 bits per heavy atom.